The molecule has 5 nitrogen and oxygen atoms in total. The van der Waals surface area contributed by atoms with Crippen LogP contribution in [0.25, 0.3) is 5.69 Å². The van der Waals surface area contributed by atoms with Gasteiger partial charge in [0, 0.05) is 17.8 Å². The van der Waals surface area contributed by atoms with E-state index in [9.17, 15) is 13.2 Å². The highest BCUT2D eigenvalue weighted by atomic mass is 19.3. The molecular weight excluding hydrogens is 307 g/mol. The maximum Gasteiger partial charge on any atom is 0.299 e. The first-order chi connectivity index (χ1) is 11.0. The topological polar surface area (TPSA) is 59.4 Å². The molecule has 0 aliphatic heterocycles. The highest BCUT2D eigenvalue weighted by molar-refractivity contribution is 5.32. The molecule has 8 heteroatoms. The molecule has 2 heterocycles. The summed E-state index contributed by atoms with van der Waals surface area (Å²) in [6.07, 6.45) is 0.998. The molecule has 2 aromatic heterocycles. The minimum atomic E-state index is -2.77. The van der Waals surface area contributed by atoms with Crippen LogP contribution in [0.15, 0.2) is 36.8 Å². The average Bonchev–Trinajstić information content (AvgIpc) is 3.17. The summed E-state index contributed by atoms with van der Waals surface area (Å²) in [5, 5.41) is 3.87. The monoisotopic (exact) mass is 321 g/mol. The second-order valence-electron chi connectivity index (χ2n) is 5.20. The second kappa shape index (κ2) is 6.23. The lowest BCUT2D eigenvalue weighted by molar-refractivity contribution is 0.140. The molecule has 1 N–H and O–H groups in total. The summed E-state index contributed by atoms with van der Waals surface area (Å²) < 4.78 is 40.3. The van der Waals surface area contributed by atoms with Gasteiger partial charge in [-0.15, -0.1) is 5.10 Å². The minimum Gasteiger partial charge on any atom is -0.348 e. The predicted molar refractivity (Wildman–Crippen MR) is 77.0 cm³/mol. The lowest BCUT2D eigenvalue weighted by atomic mass is 10.1. The van der Waals surface area contributed by atoms with Crippen molar-refractivity contribution in [3.8, 4) is 5.69 Å². The lowest BCUT2D eigenvalue weighted by Crippen LogP contribution is -2.09. The summed E-state index contributed by atoms with van der Waals surface area (Å²) in [6, 6.07) is 5.46. The number of nitrogens with one attached hydrogen (secondary N) is 1. The Morgan fingerprint density at radius 2 is 1.96 bits per heavy atom. The van der Waals surface area contributed by atoms with Gasteiger partial charge < -0.3 is 4.98 Å². The van der Waals surface area contributed by atoms with Gasteiger partial charge in [-0.05, 0) is 30.7 Å². The molecule has 1 unspecified atom stereocenters. The normalized spacial score (nSPS) is 12.7. The van der Waals surface area contributed by atoms with E-state index in [4.69, 9.17) is 0 Å². The van der Waals surface area contributed by atoms with Gasteiger partial charge in [0.1, 0.15) is 11.6 Å². The van der Waals surface area contributed by atoms with E-state index in [1.807, 2.05) is 6.92 Å². The Morgan fingerprint density at radius 1 is 1.22 bits per heavy atom. The van der Waals surface area contributed by atoms with Crippen LogP contribution in [0, 0.1) is 5.82 Å². The molecule has 0 bridgehead atoms. The first-order valence-electron chi connectivity index (χ1n) is 7.03. The largest absolute Gasteiger partial charge is 0.348 e. The first-order valence-corrected chi connectivity index (χ1v) is 7.03. The highest BCUT2D eigenvalue weighted by Crippen LogP contribution is 2.24. The fraction of sp³-hybridized carbons (Fsp3) is 0.267. The third-order valence-electron chi connectivity index (χ3n) is 3.44. The van der Waals surface area contributed by atoms with Crippen molar-refractivity contribution in [1.29, 1.82) is 0 Å². The van der Waals surface area contributed by atoms with E-state index in [-0.39, 0.29) is 5.92 Å². The molecule has 0 aliphatic rings. The van der Waals surface area contributed by atoms with E-state index in [0.717, 1.165) is 5.69 Å². The SMILES string of the molecule is CC(Cc1cnc[nH]1)c1nc(C(F)F)nn1-c1ccc(F)cc1. The molecule has 0 spiro atoms. The number of aromatic nitrogens is 5. The van der Waals surface area contributed by atoms with E-state index in [0.29, 0.717) is 17.9 Å². The summed E-state index contributed by atoms with van der Waals surface area (Å²) in [5.74, 6) is -0.738. The summed E-state index contributed by atoms with van der Waals surface area (Å²) in [4.78, 5) is 10.9. The van der Waals surface area contributed by atoms with Crippen LogP contribution in [-0.4, -0.2) is 24.7 Å². The van der Waals surface area contributed by atoms with Crippen LogP contribution in [0.2, 0.25) is 0 Å². The standard InChI is InChI=1S/C15H14F3N5/c1-9(6-11-7-19-8-20-11)15-21-14(13(17)18)22-23(15)12-4-2-10(16)3-5-12/h2-5,7-9,13H,6H2,1H3,(H,19,20). The van der Waals surface area contributed by atoms with Gasteiger partial charge >= 0.3 is 0 Å². The molecule has 120 valence electrons. The Bertz CT molecular complexity index is 765. The Morgan fingerprint density at radius 3 is 2.57 bits per heavy atom. The highest BCUT2D eigenvalue weighted by Gasteiger charge is 2.22. The molecule has 1 atom stereocenters. The first kappa shape index (κ1) is 15.3. The number of H-pyrrole nitrogens is 1. The van der Waals surface area contributed by atoms with Gasteiger partial charge in [-0.1, -0.05) is 6.92 Å². The van der Waals surface area contributed by atoms with Gasteiger partial charge in [0.05, 0.1) is 12.0 Å². The van der Waals surface area contributed by atoms with Crippen LogP contribution in [0.3, 0.4) is 0 Å². The smallest absolute Gasteiger partial charge is 0.299 e. The summed E-state index contributed by atoms with van der Waals surface area (Å²) >= 11 is 0. The van der Waals surface area contributed by atoms with E-state index >= 15 is 0 Å². The van der Waals surface area contributed by atoms with Gasteiger partial charge in [0.15, 0.2) is 0 Å². The van der Waals surface area contributed by atoms with Crippen molar-refractivity contribution in [2.75, 3.05) is 0 Å². The Labute approximate surface area is 130 Å². The van der Waals surface area contributed by atoms with Gasteiger partial charge in [-0.3, -0.25) is 0 Å². The number of alkyl halides is 2. The van der Waals surface area contributed by atoms with Crippen molar-refractivity contribution in [2.45, 2.75) is 25.7 Å². The number of nitrogens with zero attached hydrogens (tertiary/aromatic N) is 4. The lowest BCUT2D eigenvalue weighted by Gasteiger charge is -2.11. The quantitative estimate of drug-likeness (QED) is 0.783. The van der Waals surface area contributed by atoms with Crippen molar-refractivity contribution in [3.63, 3.8) is 0 Å². The summed E-state index contributed by atoms with van der Waals surface area (Å²) in [6.45, 7) is 1.86. The molecule has 23 heavy (non-hydrogen) atoms. The number of halogens is 3. The molecule has 0 aliphatic carbocycles. The number of aromatic amines is 1. The third kappa shape index (κ3) is 3.25. The number of hydrogen-bond donors (Lipinski definition) is 1. The van der Waals surface area contributed by atoms with E-state index in [2.05, 4.69) is 20.1 Å². The molecule has 3 aromatic rings. The van der Waals surface area contributed by atoms with Gasteiger partial charge in [0.2, 0.25) is 5.82 Å². The Balaban J connectivity index is 1.98. The zero-order valence-electron chi connectivity index (χ0n) is 12.2. The van der Waals surface area contributed by atoms with Crippen molar-refractivity contribution in [2.24, 2.45) is 0 Å². The fourth-order valence-electron chi connectivity index (χ4n) is 2.34. The Hall–Kier alpha value is -2.64. The van der Waals surface area contributed by atoms with Crippen molar-refractivity contribution in [3.05, 3.63) is 59.9 Å². The summed E-state index contributed by atoms with van der Waals surface area (Å²) in [5.41, 5.74) is 1.35. The van der Waals surface area contributed by atoms with E-state index in [1.54, 1.807) is 12.5 Å². The summed E-state index contributed by atoms with van der Waals surface area (Å²) in [7, 11) is 0. The molecule has 3 rings (SSSR count). The maximum atomic E-state index is 13.1. The third-order valence-corrected chi connectivity index (χ3v) is 3.44. The van der Waals surface area contributed by atoms with Crippen LogP contribution in [0.1, 0.15) is 36.6 Å². The zero-order chi connectivity index (χ0) is 16.4. The molecule has 1 aromatic carbocycles. The maximum absolute atomic E-state index is 13.1. The second-order valence-corrected chi connectivity index (χ2v) is 5.20. The average molecular weight is 321 g/mol. The van der Waals surface area contributed by atoms with Gasteiger partial charge in [-0.2, -0.15) is 0 Å². The van der Waals surface area contributed by atoms with Crippen LogP contribution < -0.4 is 0 Å². The van der Waals surface area contributed by atoms with E-state index in [1.165, 1.54) is 28.9 Å². The van der Waals surface area contributed by atoms with Crippen LogP contribution >= 0.6 is 0 Å². The molecule has 0 fully saturated rings. The van der Waals surface area contributed by atoms with Gasteiger partial charge in [-0.25, -0.2) is 27.8 Å². The number of hydrogen-bond acceptors (Lipinski definition) is 3. The van der Waals surface area contributed by atoms with E-state index < -0.39 is 18.1 Å². The molecule has 0 saturated heterocycles. The van der Waals surface area contributed by atoms with Crippen LogP contribution in [0.5, 0.6) is 0 Å². The predicted octanol–water partition coefficient (Wildman–Crippen LogP) is 3.41. The van der Waals surface area contributed by atoms with Crippen LogP contribution in [-0.2, 0) is 6.42 Å². The van der Waals surface area contributed by atoms with Gasteiger partial charge in [0.25, 0.3) is 6.43 Å². The fourth-order valence-corrected chi connectivity index (χ4v) is 2.34. The number of imidazole rings is 1. The van der Waals surface area contributed by atoms with Crippen molar-refractivity contribution in [1.82, 2.24) is 24.7 Å². The van der Waals surface area contributed by atoms with Crippen molar-refractivity contribution >= 4 is 0 Å². The number of rotatable bonds is 5. The number of benzene rings is 1. The minimum absolute atomic E-state index is 0.180. The molecule has 0 amide bonds. The van der Waals surface area contributed by atoms with Crippen LogP contribution in [0.4, 0.5) is 13.2 Å². The molecular formula is C15H14F3N5. The Kier molecular flexibility index (Phi) is 4.14. The molecule has 0 radical (unpaired) electrons. The molecule has 0 saturated carbocycles. The zero-order valence-corrected chi connectivity index (χ0v) is 12.2. The van der Waals surface area contributed by atoms with Crippen molar-refractivity contribution < 1.29 is 13.2 Å².